The van der Waals surface area contributed by atoms with Gasteiger partial charge in [0, 0.05) is 29.8 Å². The van der Waals surface area contributed by atoms with Crippen molar-refractivity contribution in [1.29, 1.82) is 5.26 Å². The Morgan fingerprint density at radius 1 is 1.24 bits per heavy atom. The minimum atomic E-state index is -0.480. The van der Waals surface area contributed by atoms with Crippen molar-refractivity contribution in [3.8, 4) is 6.07 Å². The molecule has 25 heavy (non-hydrogen) atoms. The fourth-order valence-corrected chi connectivity index (χ4v) is 2.58. The molecule has 0 spiro atoms. The number of nitro benzene ring substituents is 1. The summed E-state index contributed by atoms with van der Waals surface area (Å²) < 4.78 is 0. The van der Waals surface area contributed by atoms with Gasteiger partial charge in [0.2, 0.25) is 0 Å². The maximum atomic E-state index is 13.0. The van der Waals surface area contributed by atoms with Gasteiger partial charge < -0.3 is 4.90 Å². The highest BCUT2D eigenvalue weighted by Gasteiger charge is 2.24. The van der Waals surface area contributed by atoms with Crippen molar-refractivity contribution in [1.82, 2.24) is 4.90 Å². The van der Waals surface area contributed by atoms with E-state index in [1.165, 1.54) is 12.1 Å². The molecule has 0 unspecified atom stereocenters. The van der Waals surface area contributed by atoms with Crippen LogP contribution in [0.1, 0.15) is 40.9 Å². The molecule has 0 saturated heterocycles. The van der Waals surface area contributed by atoms with Crippen LogP contribution in [0.3, 0.4) is 0 Å². The minimum Gasteiger partial charge on any atom is -0.332 e. The predicted molar refractivity (Wildman–Crippen MR) is 94.0 cm³/mol. The number of rotatable bonds is 5. The van der Waals surface area contributed by atoms with E-state index in [1.807, 2.05) is 26.0 Å². The lowest BCUT2D eigenvalue weighted by Crippen LogP contribution is -2.36. The molecule has 0 aliphatic carbocycles. The molecule has 0 saturated carbocycles. The van der Waals surface area contributed by atoms with Crippen LogP contribution >= 0.6 is 0 Å². The molecule has 6 heteroatoms. The first-order valence-corrected chi connectivity index (χ1v) is 7.89. The topological polar surface area (TPSA) is 87.2 Å². The monoisotopic (exact) mass is 337 g/mol. The maximum absolute atomic E-state index is 13.0. The molecular formula is C19H19N3O3. The Hall–Kier alpha value is -3.20. The Balaban J connectivity index is 2.34. The molecule has 2 rings (SSSR count). The van der Waals surface area contributed by atoms with E-state index in [4.69, 9.17) is 5.26 Å². The summed E-state index contributed by atoms with van der Waals surface area (Å²) >= 11 is 0. The summed E-state index contributed by atoms with van der Waals surface area (Å²) in [6.07, 6.45) is 0. The van der Waals surface area contributed by atoms with Crippen LogP contribution in [0.25, 0.3) is 0 Å². The van der Waals surface area contributed by atoms with E-state index >= 15 is 0 Å². The molecule has 2 aromatic rings. The first kappa shape index (κ1) is 18.1. The number of carbonyl (C=O) groups is 1. The molecular weight excluding hydrogens is 318 g/mol. The Labute approximate surface area is 146 Å². The van der Waals surface area contributed by atoms with Crippen LogP contribution in [0.15, 0.2) is 42.5 Å². The highest BCUT2D eigenvalue weighted by molar-refractivity contribution is 5.96. The number of benzene rings is 2. The van der Waals surface area contributed by atoms with Crippen LogP contribution in [0.5, 0.6) is 0 Å². The Kier molecular flexibility index (Phi) is 5.50. The summed E-state index contributed by atoms with van der Waals surface area (Å²) in [4.78, 5) is 25.2. The van der Waals surface area contributed by atoms with Gasteiger partial charge in [0.25, 0.3) is 11.6 Å². The zero-order chi connectivity index (χ0) is 18.6. The van der Waals surface area contributed by atoms with Crippen molar-refractivity contribution < 1.29 is 9.72 Å². The lowest BCUT2D eigenvalue weighted by molar-refractivity contribution is -0.385. The molecule has 6 nitrogen and oxygen atoms in total. The van der Waals surface area contributed by atoms with Crippen molar-refractivity contribution >= 4 is 11.6 Å². The van der Waals surface area contributed by atoms with Crippen molar-refractivity contribution in [3.05, 3.63) is 74.8 Å². The van der Waals surface area contributed by atoms with Crippen LogP contribution in [0, 0.1) is 28.4 Å². The summed E-state index contributed by atoms with van der Waals surface area (Å²) in [5.41, 5.74) is 2.08. The van der Waals surface area contributed by atoms with Gasteiger partial charge in [0.1, 0.15) is 0 Å². The maximum Gasteiger partial charge on any atom is 0.273 e. The van der Waals surface area contributed by atoms with Gasteiger partial charge in [0.05, 0.1) is 16.6 Å². The number of nitriles is 1. The van der Waals surface area contributed by atoms with Crippen LogP contribution in [-0.4, -0.2) is 21.8 Å². The number of amides is 1. The van der Waals surface area contributed by atoms with Gasteiger partial charge in [-0.15, -0.1) is 0 Å². The van der Waals surface area contributed by atoms with Crippen LogP contribution in [0.4, 0.5) is 5.69 Å². The van der Waals surface area contributed by atoms with Gasteiger partial charge in [-0.3, -0.25) is 14.9 Å². The average molecular weight is 337 g/mol. The quantitative estimate of drug-likeness (QED) is 0.613. The van der Waals surface area contributed by atoms with E-state index in [0.717, 1.165) is 5.56 Å². The summed E-state index contributed by atoms with van der Waals surface area (Å²) in [6.45, 7) is 5.75. The second-order valence-corrected chi connectivity index (χ2v) is 6.04. The third kappa shape index (κ3) is 4.01. The van der Waals surface area contributed by atoms with Gasteiger partial charge in [-0.1, -0.05) is 18.2 Å². The molecule has 0 fully saturated rings. The van der Waals surface area contributed by atoms with E-state index in [9.17, 15) is 14.9 Å². The second kappa shape index (κ2) is 7.58. The van der Waals surface area contributed by atoms with Crippen molar-refractivity contribution in [2.24, 2.45) is 0 Å². The normalized spacial score (nSPS) is 10.4. The molecule has 0 aromatic heterocycles. The molecule has 0 aliphatic heterocycles. The standard InChI is InChI=1S/C19H19N3O3/c1-13(2)21(12-16-9-7-15(11-20)8-10-16)19(23)17-5-4-6-18(14(17)3)22(24)25/h4-10,13H,12H2,1-3H3. The second-order valence-electron chi connectivity index (χ2n) is 6.04. The van der Waals surface area contributed by atoms with E-state index < -0.39 is 4.92 Å². The number of hydrogen-bond acceptors (Lipinski definition) is 4. The van der Waals surface area contributed by atoms with Crippen molar-refractivity contribution in [3.63, 3.8) is 0 Å². The Morgan fingerprint density at radius 3 is 2.40 bits per heavy atom. The molecule has 1 amide bonds. The lowest BCUT2D eigenvalue weighted by atomic mass is 10.0. The number of nitro groups is 1. The van der Waals surface area contributed by atoms with Gasteiger partial charge in [-0.2, -0.15) is 5.26 Å². The summed E-state index contributed by atoms with van der Waals surface area (Å²) in [6, 6.07) is 13.5. The van der Waals surface area contributed by atoms with Crippen molar-refractivity contribution in [2.75, 3.05) is 0 Å². The summed E-state index contributed by atoms with van der Waals surface area (Å²) in [7, 11) is 0. The molecule has 0 N–H and O–H groups in total. The molecule has 0 atom stereocenters. The highest BCUT2D eigenvalue weighted by Crippen LogP contribution is 2.23. The molecule has 0 bridgehead atoms. The average Bonchev–Trinajstić information content (AvgIpc) is 2.59. The summed E-state index contributed by atoms with van der Waals surface area (Å²) in [5.74, 6) is -0.249. The van der Waals surface area contributed by atoms with E-state index in [0.29, 0.717) is 23.2 Å². The summed E-state index contributed by atoms with van der Waals surface area (Å²) in [5, 5.41) is 20.0. The highest BCUT2D eigenvalue weighted by atomic mass is 16.6. The van der Waals surface area contributed by atoms with E-state index in [1.54, 1.807) is 30.0 Å². The number of nitrogens with zero attached hydrogens (tertiary/aromatic N) is 3. The Bertz CT molecular complexity index is 836. The number of carbonyl (C=O) groups excluding carboxylic acids is 1. The first-order valence-electron chi connectivity index (χ1n) is 7.89. The van der Waals surface area contributed by atoms with Gasteiger partial charge in [0.15, 0.2) is 0 Å². The van der Waals surface area contributed by atoms with Crippen molar-refractivity contribution in [2.45, 2.75) is 33.4 Å². The van der Waals surface area contributed by atoms with Gasteiger partial charge in [-0.25, -0.2) is 0 Å². The SMILES string of the molecule is Cc1c(C(=O)N(Cc2ccc(C#N)cc2)C(C)C)cccc1[N+](=O)[O-]. The fourth-order valence-electron chi connectivity index (χ4n) is 2.58. The fraction of sp³-hybridized carbons (Fsp3) is 0.263. The van der Waals surface area contributed by atoms with Crippen LogP contribution in [-0.2, 0) is 6.54 Å². The zero-order valence-corrected chi connectivity index (χ0v) is 14.4. The minimum absolute atomic E-state index is 0.0621. The lowest BCUT2D eigenvalue weighted by Gasteiger charge is -2.27. The molecule has 0 aliphatic rings. The zero-order valence-electron chi connectivity index (χ0n) is 14.4. The van der Waals surface area contributed by atoms with Gasteiger partial charge in [-0.05, 0) is 44.5 Å². The predicted octanol–water partition coefficient (Wildman–Crippen LogP) is 3.83. The smallest absolute Gasteiger partial charge is 0.273 e. The molecule has 0 radical (unpaired) electrons. The number of hydrogen-bond donors (Lipinski definition) is 0. The van der Waals surface area contributed by atoms with Crippen LogP contribution in [0.2, 0.25) is 0 Å². The largest absolute Gasteiger partial charge is 0.332 e. The third-order valence-electron chi connectivity index (χ3n) is 4.05. The van der Waals surface area contributed by atoms with Gasteiger partial charge >= 0.3 is 0 Å². The molecule has 0 heterocycles. The first-order chi connectivity index (χ1) is 11.8. The Morgan fingerprint density at radius 2 is 1.88 bits per heavy atom. The van der Waals surface area contributed by atoms with E-state index in [2.05, 4.69) is 6.07 Å². The van der Waals surface area contributed by atoms with Crippen LogP contribution < -0.4 is 0 Å². The third-order valence-corrected chi connectivity index (χ3v) is 4.05. The molecule has 2 aromatic carbocycles. The molecule has 128 valence electrons. The van der Waals surface area contributed by atoms with E-state index in [-0.39, 0.29) is 17.6 Å².